The molecule has 0 amide bonds. The Hall–Kier alpha value is -1.82. The maximum atomic E-state index is 12.4. The summed E-state index contributed by atoms with van der Waals surface area (Å²) in [5.74, 6) is 0. The van der Waals surface area contributed by atoms with Gasteiger partial charge in [-0.15, -0.1) is 0 Å². The van der Waals surface area contributed by atoms with E-state index < -0.39 is 22.5 Å². The molecule has 2 aromatic rings. The van der Waals surface area contributed by atoms with Crippen molar-refractivity contribution in [3.05, 3.63) is 54.1 Å². The zero-order valence-electron chi connectivity index (χ0n) is 9.65. The summed E-state index contributed by atoms with van der Waals surface area (Å²) in [5.41, 5.74) is 5.29. The summed E-state index contributed by atoms with van der Waals surface area (Å²) in [6, 6.07) is 10.6. The lowest BCUT2D eigenvalue weighted by atomic mass is 10.2. The van der Waals surface area contributed by atoms with E-state index in [1.54, 1.807) is 24.3 Å². The number of nitrogens with two attached hydrogens (primary N) is 1. The largest absolute Gasteiger partial charge is 0.416 e. The number of nitrogen functional groups attached to an aromatic ring is 1. The third kappa shape index (κ3) is 3.14. The Balaban J connectivity index is 2.27. The molecular weight excluding hydrogens is 275 g/mol. The molecule has 0 aliphatic carbocycles. The fraction of sp³-hybridized carbons (Fsp3) is 0.0769. The van der Waals surface area contributed by atoms with E-state index in [2.05, 4.69) is 0 Å². The van der Waals surface area contributed by atoms with Gasteiger partial charge in [0.2, 0.25) is 0 Å². The van der Waals surface area contributed by atoms with Crippen molar-refractivity contribution >= 4 is 16.5 Å². The molecule has 0 aliphatic heterocycles. The van der Waals surface area contributed by atoms with Crippen LogP contribution in [0.5, 0.6) is 0 Å². The van der Waals surface area contributed by atoms with E-state index in [1.807, 2.05) is 0 Å². The van der Waals surface area contributed by atoms with Crippen molar-refractivity contribution in [2.75, 3.05) is 5.73 Å². The maximum Gasteiger partial charge on any atom is 0.416 e. The molecule has 2 rings (SSSR count). The average molecular weight is 285 g/mol. The Bertz CT molecular complexity index is 591. The molecule has 2 aromatic carbocycles. The highest BCUT2D eigenvalue weighted by Crippen LogP contribution is 2.30. The third-order valence-corrected chi connectivity index (χ3v) is 3.89. The summed E-state index contributed by atoms with van der Waals surface area (Å²) in [4.78, 5) is 0.812. The van der Waals surface area contributed by atoms with Gasteiger partial charge in [0.25, 0.3) is 0 Å². The van der Waals surface area contributed by atoms with E-state index >= 15 is 0 Å². The van der Waals surface area contributed by atoms with Crippen LogP contribution in [0.4, 0.5) is 18.9 Å². The molecule has 0 radical (unpaired) electrons. The lowest BCUT2D eigenvalue weighted by molar-refractivity contribution is -0.137. The number of hydrogen-bond acceptors (Lipinski definition) is 2. The second kappa shape index (κ2) is 5.05. The van der Waals surface area contributed by atoms with E-state index in [1.165, 1.54) is 12.1 Å². The highest BCUT2D eigenvalue weighted by molar-refractivity contribution is 7.85. The quantitative estimate of drug-likeness (QED) is 0.859. The van der Waals surface area contributed by atoms with Gasteiger partial charge in [0, 0.05) is 15.5 Å². The van der Waals surface area contributed by atoms with Gasteiger partial charge in [-0.05, 0) is 48.5 Å². The van der Waals surface area contributed by atoms with Crippen molar-refractivity contribution in [2.45, 2.75) is 16.0 Å². The van der Waals surface area contributed by atoms with Crippen LogP contribution in [0.25, 0.3) is 0 Å². The molecule has 2 nitrogen and oxygen atoms in total. The van der Waals surface area contributed by atoms with Crippen LogP contribution in [0.15, 0.2) is 58.3 Å². The first-order chi connectivity index (χ1) is 8.88. The topological polar surface area (TPSA) is 43.1 Å². The first-order valence-corrected chi connectivity index (χ1v) is 6.47. The smallest absolute Gasteiger partial charge is 0.399 e. The zero-order chi connectivity index (χ0) is 14.0. The average Bonchev–Trinajstić information content (AvgIpc) is 2.38. The molecule has 1 atom stereocenters. The minimum absolute atomic E-state index is 0.317. The summed E-state index contributed by atoms with van der Waals surface area (Å²) in [6.45, 7) is 0. The van der Waals surface area contributed by atoms with Gasteiger partial charge >= 0.3 is 6.18 Å². The van der Waals surface area contributed by atoms with E-state index in [-0.39, 0.29) is 0 Å². The lowest BCUT2D eigenvalue weighted by Crippen LogP contribution is -2.04. The van der Waals surface area contributed by atoms with Crippen LogP contribution in [0.3, 0.4) is 0 Å². The molecule has 100 valence electrons. The van der Waals surface area contributed by atoms with E-state index in [0.717, 1.165) is 12.1 Å². The summed E-state index contributed by atoms with van der Waals surface area (Å²) < 4.78 is 49.3. The number of rotatable bonds is 2. The van der Waals surface area contributed by atoms with Crippen molar-refractivity contribution in [1.82, 2.24) is 0 Å². The van der Waals surface area contributed by atoms with Crippen LogP contribution < -0.4 is 5.73 Å². The highest BCUT2D eigenvalue weighted by Gasteiger charge is 2.30. The highest BCUT2D eigenvalue weighted by atomic mass is 32.2. The molecule has 0 spiro atoms. The minimum atomic E-state index is -4.39. The SMILES string of the molecule is Nc1ccc(S(=O)c2ccc(C(F)(F)F)cc2)cc1. The first kappa shape index (κ1) is 13.6. The van der Waals surface area contributed by atoms with Crippen molar-refractivity contribution < 1.29 is 17.4 Å². The van der Waals surface area contributed by atoms with Gasteiger partial charge < -0.3 is 5.73 Å². The van der Waals surface area contributed by atoms with Gasteiger partial charge in [-0.1, -0.05) is 0 Å². The fourth-order valence-corrected chi connectivity index (χ4v) is 2.53. The second-order valence-corrected chi connectivity index (χ2v) is 5.34. The predicted molar refractivity (Wildman–Crippen MR) is 67.0 cm³/mol. The van der Waals surface area contributed by atoms with Gasteiger partial charge in [0.05, 0.1) is 16.4 Å². The second-order valence-electron chi connectivity index (χ2n) is 3.86. The van der Waals surface area contributed by atoms with Crippen molar-refractivity contribution in [1.29, 1.82) is 0 Å². The molecule has 0 bridgehead atoms. The molecule has 0 fully saturated rings. The maximum absolute atomic E-state index is 12.4. The monoisotopic (exact) mass is 285 g/mol. The van der Waals surface area contributed by atoms with Crippen LogP contribution in [-0.2, 0) is 17.0 Å². The van der Waals surface area contributed by atoms with Gasteiger partial charge in [-0.25, -0.2) is 4.21 Å². The molecule has 0 saturated heterocycles. The summed E-state index contributed by atoms with van der Waals surface area (Å²) in [6.07, 6.45) is -4.39. The molecule has 6 heteroatoms. The molecule has 0 saturated carbocycles. The Morgan fingerprint density at radius 3 is 1.68 bits per heavy atom. The standard InChI is InChI=1S/C13H10F3NOS/c14-13(15,16)9-1-5-11(6-2-9)19(18)12-7-3-10(17)4-8-12/h1-8H,17H2. The molecule has 0 aromatic heterocycles. The zero-order valence-corrected chi connectivity index (χ0v) is 10.5. The number of benzene rings is 2. The summed E-state index contributed by atoms with van der Waals surface area (Å²) in [5, 5.41) is 0. The molecule has 2 N–H and O–H groups in total. The Kier molecular flexibility index (Phi) is 3.61. The predicted octanol–water partition coefficient (Wildman–Crippen LogP) is 3.45. The Morgan fingerprint density at radius 1 is 0.842 bits per heavy atom. The van der Waals surface area contributed by atoms with E-state index in [0.29, 0.717) is 15.5 Å². The molecule has 1 unspecified atom stereocenters. The molecule has 19 heavy (non-hydrogen) atoms. The minimum Gasteiger partial charge on any atom is -0.399 e. The van der Waals surface area contributed by atoms with Crippen molar-refractivity contribution in [3.63, 3.8) is 0 Å². The summed E-state index contributed by atoms with van der Waals surface area (Å²) in [7, 11) is -1.51. The lowest BCUT2D eigenvalue weighted by Gasteiger charge is -2.07. The molecule has 0 aliphatic rings. The number of hydrogen-bond donors (Lipinski definition) is 1. The van der Waals surface area contributed by atoms with Crippen LogP contribution in [0.2, 0.25) is 0 Å². The number of halogens is 3. The van der Waals surface area contributed by atoms with Crippen LogP contribution >= 0.6 is 0 Å². The number of alkyl halides is 3. The molecular formula is C13H10F3NOS. The Morgan fingerprint density at radius 2 is 1.26 bits per heavy atom. The van der Waals surface area contributed by atoms with E-state index in [4.69, 9.17) is 5.73 Å². The van der Waals surface area contributed by atoms with Crippen LogP contribution in [0, 0.1) is 0 Å². The van der Waals surface area contributed by atoms with Crippen molar-refractivity contribution in [2.24, 2.45) is 0 Å². The van der Waals surface area contributed by atoms with Gasteiger partial charge in [0.15, 0.2) is 0 Å². The van der Waals surface area contributed by atoms with Crippen molar-refractivity contribution in [3.8, 4) is 0 Å². The van der Waals surface area contributed by atoms with Gasteiger partial charge in [0.1, 0.15) is 0 Å². The number of anilines is 1. The Labute approximate surface area is 110 Å². The van der Waals surface area contributed by atoms with Gasteiger partial charge in [-0.3, -0.25) is 0 Å². The molecule has 0 heterocycles. The van der Waals surface area contributed by atoms with E-state index in [9.17, 15) is 17.4 Å². The van der Waals surface area contributed by atoms with Gasteiger partial charge in [-0.2, -0.15) is 13.2 Å². The first-order valence-electron chi connectivity index (χ1n) is 5.32. The third-order valence-electron chi connectivity index (χ3n) is 2.49. The van der Waals surface area contributed by atoms with Crippen LogP contribution in [0.1, 0.15) is 5.56 Å². The van der Waals surface area contributed by atoms with Crippen LogP contribution in [-0.4, -0.2) is 4.21 Å². The fourth-order valence-electron chi connectivity index (χ4n) is 1.50. The summed E-state index contributed by atoms with van der Waals surface area (Å²) >= 11 is 0. The normalized spacial score (nSPS) is 13.2.